The SMILES string of the molecule is NC(=S)c1ccc(CNC(=O)c2ncccc2Br)c(F)c1. The number of hydrogen-bond donors (Lipinski definition) is 2. The molecule has 0 fully saturated rings. The van der Waals surface area contributed by atoms with Crippen LogP contribution in [0.2, 0.25) is 0 Å². The summed E-state index contributed by atoms with van der Waals surface area (Å²) < 4.78 is 14.4. The quantitative estimate of drug-likeness (QED) is 0.814. The first-order valence-electron chi connectivity index (χ1n) is 5.96. The Labute approximate surface area is 134 Å². The molecule has 3 N–H and O–H groups in total. The minimum atomic E-state index is -0.472. The Kier molecular flexibility index (Phi) is 4.98. The van der Waals surface area contributed by atoms with Crippen molar-refractivity contribution in [3.8, 4) is 0 Å². The average Bonchev–Trinajstić information content (AvgIpc) is 2.46. The third-order valence-electron chi connectivity index (χ3n) is 2.75. The lowest BCUT2D eigenvalue weighted by Crippen LogP contribution is -2.24. The van der Waals surface area contributed by atoms with Crippen LogP contribution in [0.1, 0.15) is 21.6 Å². The molecule has 0 unspecified atom stereocenters. The van der Waals surface area contributed by atoms with Crippen molar-refractivity contribution < 1.29 is 9.18 Å². The second-order valence-corrected chi connectivity index (χ2v) is 5.48. The van der Waals surface area contributed by atoms with Gasteiger partial charge in [0.2, 0.25) is 0 Å². The number of amides is 1. The summed E-state index contributed by atoms with van der Waals surface area (Å²) in [4.78, 5) is 16.0. The lowest BCUT2D eigenvalue weighted by atomic mass is 10.1. The number of halogens is 2. The Morgan fingerprint density at radius 3 is 2.81 bits per heavy atom. The number of benzene rings is 1. The molecule has 108 valence electrons. The van der Waals surface area contributed by atoms with Crippen LogP contribution in [-0.2, 0) is 6.54 Å². The fourth-order valence-electron chi connectivity index (χ4n) is 1.66. The fourth-order valence-corrected chi connectivity index (χ4v) is 2.22. The molecule has 2 aromatic rings. The van der Waals surface area contributed by atoms with Crippen LogP contribution >= 0.6 is 28.1 Å². The molecule has 1 amide bonds. The molecule has 1 aromatic heterocycles. The van der Waals surface area contributed by atoms with Gasteiger partial charge in [0.1, 0.15) is 16.5 Å². The highest BCUT2D eigenvalue weighted by Gasteiger charge is 2.12. The van der Waals surface area contributed by atoms with Gasteiger partial charge in [-0.2, -0.15) is 0 Å². The second-order valence-electron chi connectivity index (χ2n) is 4.19. The van der Waals surface area contributed by atoms with Crippen LogP contribution in [-0.4, -0.2) is 15.9 Å². The van der Waals surface area contributed by atoms with Crippen LogP contribution in [0.5, 0.6) is 0 Å². The molecule has 0 aliphatic heterocycles. The highest BCUT2D eigenvalue weighted by molar-refractivity contribution is 9.10. The molecule has 1 aromatic carbocycles. The van der Waals surface area contributed by atoms with E-state index in [2.05, 4.69) is 26.2 Å². The minimum absolute atomic E-state index is 0.0469. The van der Waals surface area contributed by atoms with Gasteiger partial charge < -0.3 is 11.1 Å². The first kappa shape index (κ1) is 15.5. The van der Waals surface area contributed by atoms with Crippen LogP contribution in [0, 0.1) is 5.82 Å². The molecule has 0 bridgehead atoms. The van der Waals surface area contributed by atoms with Crippen molar-refractivity contribution in [3.05, 3.63) is 63.6 Å². The molecule has 0 saturated heterocycles. The van der Waals surface area contributed by atoms with E-state index in [9.17, 15) is 9.18 Å². The number of nitrogens with one attached hydrogen (secondary N) is 1. The van der Waals surface area contributed by atoms with Crippen LogP contribution in [0.4, 0.5) is 4.39 Å². The summed E-state index contributed by atoms with van der Waals surface area (Å²) in [6, 6.07) is 7.82. The molecule has 0 aliphatic rings. The fraction of sp³-hybridized carbons (Fsp3) is 0.0714. The molecule has 4 nitrogen and oxygen atoms in total. The van der Waals surface area contributed by atoms with Crippen molar-refractivity contribution in [2.75, 3.05) is 0 Å². The minimum Gasteiger partial charge on any atom is -0.389 e. The number of aromatic nitrogens is 1. The van der Waals surface area contributed by atoms with Gasteiger partial charge in [0.15, 0.2) is 0 Å². The first-order valence-corrected chi connectivity index (χ1v) is 7.16. The van der Waals surface area contributed by atoms with Gasteiger partial charge in [-0.25, -0.2) is 9.37 Å². The van der Waals surface area contributed by atoms with E-state index in [1.807, 2.05) is 0 Å². The highest BCUT2D eigenvalue weighted by atomic mass is 79.9. The number of carbonyl (C=O) groups is 1. The van der Waals surface area contributed by atoms with Crippen molar-refractivity contribution in [3.63, 3.8) is 0 Å². The summed E-state index contributed by atoms with van der Waals surface area (Å²) in [6.07, 6.45) is 1.51. The second kappa shape index (κ2) is 6.73. The molecule has 0 spiro atoms. The smallest absolute Gasteiger partial charge is 0.271 e. The van der Waals surface area contributed by atoms with Crippen LogP contribution in [0.25, 0.3) is 0 Å². The van der Waals surface area contributed by atoms with E-state index >= 15 is 0 Å². The van der Waals surface area contributed by atoms with Crippen LogP contribution < -0.4 is 11.1 Å². The van der Waals surface area contributed by atoms with Crippen LogP contribution in [0.3, 0.4) is 0 Å². The maximum atomic E-state index is 13.9. The lowest BCUT2D eigenvalue weighted by Gasteiger charge is -2.08. The molecular weight excluding hydrogens is 357 g/mol. The van der Waals surface area contributed by atoms with Crippen molar-refractivity contribution in [1.82, 2.24) is 10.3 Å². The van der Waals surface area contributed by atoms with Crippen molar-refractivity contribution >= 4 is 39.0 Å². The van der Waals surface area contributed by atoms with Gasteiger partial charge >= 0.3 is 0 Å². The number of carbonyl (C=O) groups excluding carboxylic acids is 1. The number of thiocarbonyl (C=S) groups is 1. The number of nitrogens with zero attached hydrogens (tertiary/aromatic N) is 1. The largest absolute Gasteiger partial charge is 0.389 e. The zero-order valence-corrected chi connectivity index (χ0v) is 13.2. The predicted molar refractivity (Wildman–Crippen MR) is 85.4 cm³/mol. The van der Waals surface area contributed by atoms with E-state index in [1.54, 1.807) is 18.2 Å². The van der Waals surface area contributed by atoms with Gasteiger partial charge in [-0.15, -0.1) is 0 Å². The zero-order chi connectivity index (χ0) is 15.4. The third-order valence-corrected chi connectivity index (χ3v) is 3.63. The summed E-state index contributed by atoms with van der Waals surface area (Å²) in [7, 11) is 0. The molecule has 21 heavy (non-hydrogen) atoms. The zero-order valence-electron chi connectivity index (χ0n) is 10.8. The van der Waals surface area contributed by atoms with E-state index in [4.69, 9.17) is 18.0 Å². The normalized spacial score (nSPS) is 10.2. The summed E-state index contributed by atoms with van der Waals surface area (Å²) in [6.45, 7) is 0.0469. The lowest BCUT2D eigenvalue weighted by molar-refractivity contribution is 0.0945. The van der Waals surface area contributed by atoms with Gasteiger partial charge in [-0.05, 0) is 34.1 Å². The van der Waals surface area contributed by atoms with Crippen LogP contribution in [0.15, 0.2) is 41.0 Å². The molecule has 0 aliphatic carbocycles. The number of rotatable bonds is 4. The first-order chi connectivity index (χ1) is 9.99. The van der Waals surface area contributed by atoms with E-state index in [0.717, 1.165) is 0 Å². The molecule has 0 radical (unpaired) electrons. The van der Waals surface area contributed by atoms with Gasteiger partial charge in [0.05, 0.1) is 0 Å². The van der Waals surface area contributed by atoms with Crippen molar-refractivity contribution in [2.24, 2.45) is 5.73 Å². The van der Waals surface area contributed by atoms with Gasteiger partial charge in [0.25, 0.3) is 5.91 Å². The Morgan fingerprint density at radius 1 is 1.43 bits per heavy atom. The maximum Gasteiger partial charge on any atom is 0.271 e. The molecule has 0 saturated carbocycles. The van der Waals surface area contributed by atoms with E-state index < -0.39 is 5.82 Å². The Bertz CT molecular complexity index is 708. The predicted octanol–water partition coefficient (Wildman–Crippen LogP) is 2.55. The summed E-state index contributed by atoms with van der Waals surface area (Å²) in [5.41, 5.74) is 6.47. The Morgan fingerprint density at radius 2 is 2.19 bits per heavy atom. The van der Waals surface area contributed by atoms with Crippen molar-refractivity contribution in [2.45, 2.75) is 6.54 Å². The molecule has 1 heterocycles. The van der Waals surface area contributed by atoms with E-state index in [-0.39, 0.29) is 23.1 Å². The highest BCUT2D eigenvalue weighted by Crippen LogP contribution is 2.14. The van der Waals surface area contributed by atoms with E-state index in [0.29, 0.717) is 15.6 Å². The summed E-state index contributed by atoms with van der Waals surface area (Å²) in [5.74, 6) is -0.860. The molecule has 0 atom stereocenters. The molecule has 7 heteroatoms. The topological polar surface area (TPSA) is 68.0 Å². The summed E-state index contributed by atoms with van der Waals surface area (Å²) >= 11 is 8.01. The average molecular weight is 368 g/mol. The Hall–Kier alpha value is -1.86. The van der Waals surface area contributed by atoms with Gasteiger partial charge in [-0.3, -0.25) is 4.79 Å². The number of nitrogens with two attached hydrogens (primary N) is 1. The monoisotopic (exact) mass is 367 g/mol. The maximum absolute atomic E-state index is 13.9. The van der Waals surface area contributed by atoms with Gasteiger partial charge in [-0.1, -0.05) is 24.4 Å². The van der Waals surface area contributed by atoms with Gasteiger partial charge in [0, 0.05) is 28.3 Å². The third kappa shape index (κ3) is 3.83. The molecule has 2 rings (SSSR count). The number of hydrogen-bond acceptors (Lipinski definition) is 3. The van der Waals surface area contributed by atoms with Crippen molar-refractivity contribution in [1.29, 1.82) is 0 Å². The molecular formula is C14H11BrFN3OS. The summed E-state index contributed by atoms with van der Waals surface area (Å²) in [5, 5.41) is 2.61. The number of pyridine rings is 1. The van der Waals surface area contributed by atoms with E-state index in [1.165, 1.54) is 18.3 Å². The standard InChI is InChI=1S/C14H11BrFN3OS/c15-10-2-1-5-18-12(10)14(20)19-7-9-4-3-8(13(17)21)6-11(9)16/h1-6H,7H2,(H2,17,21)(H,19,20). The Balaban J connectivity index is 2.08.